The van der Waals surface area contributed by atoms with Crippen LogP contribution >= 0.6 is 0 Å². The zero-order valence-corrected chi connectivity index (χ0v) is 17.0. The molecule has 1 amide bonds. The van der Waals surface area contributed by atoms with Crippen LogP contribution in [0.5, 0.6) is 11.6 Å². The third-order valence-electron chi connectivity index (χ3n) is 4.07. The lowest BCUT2D eigenvalue weighted by Gasteiger charge is -2.08. The van der Waals surface area contributed by atoms with E-state index in [1.54, 1.807) is 18.2 Å². The van der Waals surface area contributed by atoms with Crippen molar-refractivity contribution in [3.63, 3.8) is 0 Å². The summed E-state index contributed by atoms with van der Waals surface area (Å²) < 4.78 is 58.0. The SMILES string of the molecule is O=C(CCNS(=O)(=O)c1ccc(F)cc1)NCc1ccc(Oc2cccc(F)c2)nc1. The molecule has 7 nitrogen and oxygen atoms in total. The number of sulfonamides is 1. The van der Waals surface area contributed by atoms with Crippen LogP contribution in [0.3, 0.4) is 0 Å². The van der Waals surface area contributed by atoms with Gasteiger partial charge in [-0.25, -0.2) is 26.9 Å². The molecule has 0 fully saturated rings. The van der Waals surface area contributed by atoms with Crippen LogP contribution in [0.2, 0.25) is 0 Å². The molecule has 1 heterocycles. The summed E-state index contributed by atoms with van der Waals surface area (Å²) in [6, 6.07) is 13.3. The number of benzene rings is 2. The lowest BCUT2D eigenvalue weighted by atomic mass is 10.2. The number of ether oxygens (including phenoxy) is 1. The highest BCUT2D eigenvalue weighted by atomic mass is 32.2. The monoisotopic (exact) mass is 447 g/mol. The third-order valence-corrected chi connectivity index (χ3v) is 5.55. The van der Waals surface area contributed by atoms with Gasteiger partial charge in [-0.1, -0.05) is 12.1 Å². The number of hydrogen-bond acceptors (Lipinski definition) is 5. The Morgan fingerprint density at radius 2 is 1.77 bits per heavy atom. The number of amides is 1. The van der Waals surface area contributed by atoms with E-state index in [2.05, 4.69) is 15.0 Å². The second-order valence-electron chi connectivity index (χ2n) is 6.44. The predicted octanol–water partition coefficient (Wildman–Crippen LogP) is 3.14. The molecule has 2 N–H and O–H groups in total. The van der Waals surface area contributed by atoms with Crippen molar-refractivity contribution in [3.05, 3.63) is 84.1 Å². The fourth-order valence-electron chi connectivity index (χ4n) is 2.51. The van der Waals surface area contributed by atoms with E-state index in [0.717, 1.165) is 24.3 Å². The smallest absolute Gasteiger partial charge is 0.240 e. The molecule has 0 spiro atoms. The molecule has 2 aromatic carbocycles. The van der Waals surface area contributed by atoms with Crippen molar-refractivity contribution < 1.29 is 26.7 Å². The van der Waals surface area contributed by atoms with Crippen LogP contribution in [0, 0.1) is 11.6 Å². The van der Waals surface area contributed by atoms with E-state index in [-0.39, 0.29) is 36.2 Å². The zero-order chi connectivity index (χ0) is 22.3. The van der Waals surface area contributed by atoms with Gasteiger partial charge in [-0.15, -0.1) is 0 Å². The number of carbonyl (C=O) groups excluding carboxylic acids is 1. The van der Waals surface area contributed by atoms with Gasteiger partial charge >= 0.3 is 0 Å². The number of hydrogen-bond donors (Lipinski definition) is 2. The van der Waals surface area contributed by atoms with Crippen LogP contribution in [-0.4, -0.2) is 25.9 Å². The Kier molecular flexibility index (Phi) is 7.27. The molecule has 0 saturated carbocycles. The Balaban J connectivity index is 1.42. The summed E-state index contributed by atoms with van der Waals surface area (Å²) in [7, 11) is -3.82. The van der Waals surface area contributed by atoms with Crippen molar-refractivity contribution in [1.29, 1.82) is 0 Å². The first kappa shape index (κ1) is 22.3. The van der Waals surface area contributed by atoms with Gasteiger partial charge in [-0.05, 0) is 42.0 Å². The van der Waals surface area contributed by atoms with Crippen LogP contribution < -0.4 is 14.8 Å². The molecule has 0 bridgehead atoms. The van der Waals surface area contributed by atoms with Crippen molar-refractivity contribution in [3.8, 4) is 11.6 Å². The summed E-state index contributed by atoms with van der Waals surface area (Å²) in [4.78, 5) is 16.0. The van der Waals surface area contributed by atoms with Crippen molar-refractivity contribution >= 4 is 15.9 Å². The number of nitrogens with one attached hydrogen (secondary N) is 2. The quantitative estimate of drug-likeness (QED) is 0.525. The van der Waals surface area contributed by atoms with E-state index in [1.807, 2.05) is 0 Å². The number of rotatable bonds is 9. The molecule has 0 radical (unpaired) electrons. The molecule has 0 aliphatic rings. The van der Waals surface area contributed by atoms with Gasteiger partial charge in [0.2, 0.25) is 21.8 Å². The first-order valence-electron chi connectivity index (χ1n) is 9.22. The van der Waals surface area contributed by atoms with E-state index in [4.69, 9.17) is 4.74 Å². The van der Waals surface area contributed by atoms with Gasteiger partial charge in [-0.2, -0.15) is 0 Å². The number of aromatic nitrogens is 1. The summed E-state index contributed by atoms with van der Waals surface area (Å²) in [5.41, 5.74) is 0.701. The van der Waals surface area contributed by atoms with Gasteiger partial charge in [0.05, 0.1) is 4.90 Å². The van der Waals surface area contributed by atoms with Crippen molar-refractivity contribution in [2.24, 2.45) is 0 Å². The Morgan fingerprint density at radius 1 is 1.00 bits per heavy atom. The molecular formula is C21H19F2N3O4S. The molecule has 0 saturated heterocycles. The molecule has 1 aromatic heterocycles. The molecule has 31 heavy (non-hydrogen) atoms. The van der Waals surface area contributed by atoms with Gasteiger partial charge < -0.3 is 10.1 Å². The molecule has 0 atom stereocenters. The summed E-state index contributed by atoms with van der Waals surface area (Å²) in [5.74, 6) is -0.729. The molecule has 3 aromatic rings. The van der Waals surface area contributed by atoms with E-state index in [1.165, 1.54) is 24.4 Å². The topological polar surface area (TPSA) is 97.4 Å². The van der Waals surface area contributed by atoms with Crippen LogP contribution in [0.15, 0.2) is 71.8 Å². The lowest BCUT2D eigenvalue weighted by Crippen LogP contribution is -2.30. The second-order valence-corrected chi connectivity index (χ2v) is 8.21. The number of nitrogens with zero attached hydrogens (tertiary/aromatic N) is 1. The fourth-order valence-corrected chi connectivity index (χ4v) is 3.54. The highest BCUT2D eigenvalue weighted by molar-refractivity contribution is 7.89. The molecular weight excluding hydrogens is 428 g/mol. The normalized spacial score (nSPS) is 11.2. The molecule has 162 valence electrons. The maximum Gasteiger partial charge on any atom is 0.240 e. The second kappa shape index (κ2) is 10.1. The maximum atomic E-state index is 13.2. The number of carbonyl (C=O) groups is 1. The van der Waals surface area contributed by atoms with Crippen molar-refractivity contribution in [2.45, 2.75) is 17.9 Å². The minimum Gasteiger partial charge on any atom is -0.439 e. The van der Waals surface area contributed by atoms with E-state index < -0.39 is 21.7 Å². The Bertz CT molecular complexity index is 1140. The minimum absolute atomic E-state index is 0.0748. The van der Waals surface area contributed by atoms with Crippen LogP contribution in [-0.2, 0) is 21.4 Å². The van der Waals surface area contributed by atoms with Crippen molar-refractivity contribution in [1.82, 2.24) is 15.0 Å². The molecule has 3 rings (SSSR count). The van der Waals surface area contributed by atoms with Crippen molar-refractivity contribution in [2.75, 3.05) is 6.54 Å². The number of halogens is 2. The summed E-state index contributed by atoms with van der Waals surface area (Å²) in [6.45, 7) is 0.0843. The van der Waals surface area contributed by atoms with Gasteiger partial charge in [0, 0.05) is 37.8 Å². The minimum atomic E-state index is -3.82. The average Bonchev–Trinajstić information content (AvgIpc) is 2.73. The predicted molar refractivity (Wildman–Crippen MR) is 109 cm³/mol. The molecule has 10 heteroatoms. The molecule has 0 unspecified atom stereocenters. The summed E-state index contributed by atoms with van der Waals surface area (Å²) in [5, 5.41) is 2.66. The standard InChI is InChI=1S/C21H19F2N3O4S/c22-16-5-7-19(8-6-16)31(28,29)26-11-10-20(27)24-13-15-4-9-21(25-14-15)30-18-3-1-2-17(23)12-18/h1-9,12,14,26H,10-11,13H2,(H,24,27). The Morgan fingerprint density at radius 3 is 2.45 bits per heavy atom. The van der Waals surface area contributed by atoms with E-state index in [9.17, 15) is 22.0 Å². The highest BCUT2D eigenvalue weighted by Crippen LogP contribution is 2.20. The first-order chi connectivity index (χ1) is 14.8. The number of pyridine rings is 1. The van der Waals surface area contributed by atoms with Crippen LogP contribution in [0.4, 0.5) is 8.78 Å². The lowest BCUT2D eigenvalue weighted by molar-refractivity contribution is -0.121. The Hall–Kier alpha value is -3.37. The summed E-state index contributed by atoms with van der Waals surface area (Å²) in [6.07, 6.45) is 1.43. The van der Waals surface area contributed by atoms with Crippen LogP contribution in [0.25, 0.3) is 0 Å². The zero-order valence-electron chi connectivity index (χ0n) is 16.2. The first-order valence-corrected chi connectivity index (χ1v) is 10.7. The van der Waals surface area contributed by atoms with Gasteiger partial charge in [0.1, 0.15) is 17.4 Å². The maximum absolute atomic E-state index is 13.2. The van der Waals surface area contributed by atoms with Gasteiger partial charge in [0.25, 0.3) is 0 Å². The fraction of sp³-hybridized carbons (Fsp3) is 0.143. The average molecular weight is 447 g/mol. The molecule has 0 aliphatic carbocycles. The van der Waals surface area contributed by atoms with Gasteiger partial charge in [-0.3, -0.25) is 4.79 Å². The third kappa shape index (κ3) is 6.83. The van der Waals surface area contributed by atoms with Crippen LogP contribution in [0.1, 0.15) is 12.0 Å². The highest BCUT2D eigenvalue weighted by Gasteiger charge is 2.14. The summed E-state index contributed by atoms with van der Waals surface area (Å²) >= 11 is 0. The van der Waals surface area contributed by atoms with E-state index in [0.29, 0.717) is 11.3 Å². The van der Waals surface area contributed by atoms with Gasteiger partial charge in [0.15, 0.2) is 0 Å². The molecule has 0 aliphatic heterocycles. The Labute approximate surface area is 178 Å². The largest absolute Gasteiger partial charge is 0.439 e. The van der Waals surface area contributed by atoms with E-state index >= 15 is 0 Å².